The molecule has 0 saturated carbocycles. The highest BCUT2D eigenvalue weighted by Crippen LogP contribution is 2.36. The number of alkyl halides is 4. The molecule has 0 spiro atoms. The van der Waals surface area contributed by atoms with Gasteiger partial charge in [0.05, 0.1) is 0 Å². The molecule has 2 N–H and O–H groups in total. The van der Waals surface area contributed by atoms with E-state index in [1.165, 1.54) is 12.1 Å². The van der Waals surface area contributed by atoms with Gasteiger partial charge in [-0.3, -0.25) is 0 Å². The van der Waals surface area contributed by atoms with Crippen LogP contribution in [0.5, 0.6) is 0 Å². The molecule has 0 aliphatic rings. The number of nitrogen functional groups attached to an aromatic ring is 1. The largest absolute Gasteiger partial charge is 0.423 e. The molecule has 80 valence electrons. The molecule has 6 heteroatoms. The Hall–Kier alpha value is -0.970. The average molecular weight is 230 g/mol. The molecule has 0 radical (unpaired) electrons. The van der Waals surface area contributed by atoms with Crippen molar-refractivity contribution < 1.29 is 17.6 Å². The third kappa shape index (κ3) is 3.06. The summed E-state index contributed by atoms with van der Waals surface area (Å²) in [6, 6.07) is 4.70. The quantitative estimate of drug-likeness (QED) is 0.581. The summed E-state index contributed by atoms with van der Waals surface area (Å²) < 4.78 is 48.2. The summed E-state index contributed by atoms with van der Waals surface area (Å²) >= 11 is 0. The Morgan fingerprint density at radius 3 is 2.21 bits per heavy atom. The zero-order valence-electron chi connectivity index (χ0n) is 6.88. The summed E-state index contributed by atoms with van der Waals surface area (Å²) in [5, 5.41) is 0. The summed E-state index contributed by atoms with van der Waals surface area (Å²) in [7, 11) is 0. The number of hydrogen-bond acceptors (Lipinski definition) is 1. The van der Waals surface area contributed by atoms with E-state index in [4.69, 9.17) is 5.73 Å². The first-order valence-electron chi connectivity index (χ1n) is 3.47. The third-order valence-corrected chi connectivity index (χ3v) is 1.49. The molecule has 0 aliphatic heterocycles. The van der Waals surface area contributed by atoms with Crippen molar-refractivity contribution in [3.05, 3.63) is 29.8 Å². The lowest BCUT2D eigenvalue weighted by atomic mass is 10.1. The van der Waals surface area contributed by atoms with E-state index >= 15 is 0 Å². The van der Waals surface area contributed by atoms with Crippen LogP contribution in [0.1, 0.15) is 11.7 Å². The van der Waals surface area contributed by atoms with Gasteiger partial charge in [0.2, 0.25) is 6.17 Å². The van der Waals surface area contributed by atoms with Crippen molar-refractivity contribution in [2.45, 2.75) is 12.3 Å². The van der Waals surface area contributed by atoms with E-state index in [-0.39, 0.29) is 18.1 Å². The van der Waals surface area contributed by atoms with E-state index in [2.05, 4.69) is 0 Å². The van der Waals surface area contributed by atoms with Crippen LogP contribution in [0.4, 0.5) is 23.2 Å². The van der Waals surface area contributed by atoms with Crippen LogP contribution in [0.2, 0.25) is 0 Å². The first kappa shape index (κ1) is 13.0. The second kappa shape index (κ2) is 4.50. The maximum atomic E-state index is 12.6. The number of hydrogen-bond donors (Lipinski definition) is 1. The first-order chi connectivity index (χ1) is 5.91. The Kier molecular flexibility index (Phi) is 4.19. The van der Waals surface area contributed by atoms with Crippen LogP contribution in [-0.2, 0) is 0 Å². The summed E-state index contributed by atoms with van der Waals surface area (Å²) in [4.78, 5) is 0. The summed E-state index contributed by atoms with van der Waals surface area (Å²) in [6.45, 7) is 0. The molecule has 1 unspecified atom stereocenters. The summed E-state index contributed by atoms with van der Waals surface area (Å²) in [5.41, 5.74) is 4.86. The maximum Gasteiger partial charge on any atom is 0.423 e. The van der Waals surface area contributed by atoms with Gasteiger partial charge in [-0.05, 0) is 17.7 Å². The minimum absolute atomic E-state index is 0. The van der Waals surface area contributed by atoms with Gasteiger partial charge in [0.15, 0.2) is 0 Å². The van der Waals surface area contributed by atoms with E-state index in [0.29, 0.717) is 0 Å². The zero-order valence-corrected chi connectivity index (χ0v) is 7.70. The number of benzene rings is 1. The predicted molar refractivity (Wildman–Crippen MR) is 48.0 cm³/mol. The number of rotatable bonds is 1. The molecule has 0 fully saturated rings. The van der Waals surface area contributed by atoms with Gasteiger partial charge in [-0.1, -0.05) is 12.1 Å². The Morgan fingerprint density at radius 2 is 1.79 bits per heavy atom. The van der Waals surface area contributed by atoms with E-state index in [1.54, 1.807) is 0 Å². The van der Waals surface area contributed by atoms with Crippen molar-refractivity contribution in [2.24, 2.45) is 0 Å². The lowest BCUT2D eigenvalue weighted by molar-refractivity contribution is -0.182. The van der Waals surface area contributed by atoms with Gasteiger partial charge in [0.1, 0.15) is 0 Å². The van der Waals surface area contributed by atoms with Crippen molar-refractivity contribution in [3.63, 3.8) is 0 Å². The van der Waals surface area contributed by atoms with Crippen LogP contribution < -0.4 is 5.73 Å². The Bertz CT molecular complexity index is 300. The van der Waals surface area contributed by atoms with Crippen LogP contribution in [0.25, 0.3) is 0 Å². The summed E-state index contributed by atoms with van der Waals surface area (Å²) in [6.07, 6.45) is -7.83. The monoisotopic (exact) mass is 229 g/mol. The fraction of sp³-hybridized carbons (Fsp3) is 0.250. The van der Waals surface area contributed by atoms with Gasteiger partial charge in [-0.2, -0.15) is 13.2 Å². The molecule has 0 heterocycles. The molecular weight excluding hydrogens is 222 g/mol. The smallest absolute Gasteiger partial charge is 0.399 e. The van der Waals surface area contributed by atoms with Gasteiger partial charge in [0, 0.05) is 5.69 Å². The Labute approximate surface area is 84.3 Å². The van der Waals surface area contributed by atoms with Crippen LogP contribution in [-0.4, -0.2) is 6.18 Å². The SMILES string of the molecule is Cl.Nc1cccc(C(F)C(F)(F)F)c1. The standard InChI is InChI=1S/C8H7F4N.ClH/c9-7(8(10,11)12)5-2-1-3-6(13)4-5;/h1-4,7H,13H2;1H. The van der Waals surface area contributed by atoms with Gasteiger partial charge in [-0.15, -0.1) is 12.4 Å². The molecule has 1 nitrogen and oxygen atoms in total. The lowest BCUT2D eigenvalue weighted by Crippen LogP contribution is -2.16. The van der Waals surface area contributed by atoms with Crippen molar-refractivity contribution in [2.75, 3.05) is 5.73 Å². The number of halogens is 5. The van der Waals surface area contributed by atoms with Crippen molar-refractivity contribution in [3.8, 4) is 0 Å². The van der Waals surface area contributed by atoms with Gasteiger partial charge in [-0.25, -0.2) is 4.39 Å². The highest BCUT2D eigenvalue weighted by molar-refractivity contribution is 5.85. The lowest BCUT2D eigenvalue weighted by Gasteiger charge is -2.12. The van der Waals surface area contributed by atoms with Gasteiger partial charge in [0.25, 0.3) is 0 Å². The minimum Gasteiger partial charge on any atom is -0.399 e. The second-order valence-electron chi connectivity index (χ2n) is 2.57. The van der Waals surface area contributed by atoms with E-state index in [9.17, 15) is 17.6 Å². The predicted octanol–water partition coefficient (Wildman–Crippen LogP) is 3.26. The second-order valence-corrected chi connectivity index (χ2v) is 2.57. The van der Waals surface area contributed by atoms with Gasteiger partial charge < -0.3 is 5.73 Å². The fourth-order valence-corrected chi connectivity index (χ4v) is 0.906. The van der Waals surface area contributed by atoms with Crippen molar-refractivity contribution >= 4 is 18.1 Å². The highest BCUT2D eigenvalue weighted by atomic mass is 35.5. The summed E-state index contributed by atoms with van der Waals surface area (Å²) in [5.74, 6) is 0. The third-order valence-electron chi connectivity index (χ3n) is 1.49. The van der Waals surface area contributed by atoms with Gasteiger partial charge >= 0.3 is 6.18 Å². The molecule has 0 saturated heterocycles. The van der Waals surface area contributed by atoms with Crippen LogP contribution in [0, 0.1) is 0 Å². The van der Waals surface area contributed by atoms with E-state index < -0.39 is 17.9 Å². The number of anilines is 1. The average Bonchev–Trinajstić information content (AvgIpc) is 2.01. The Morgan fingerprint density at radius 1 is 1.21 bits per heavy atom. The van der Waals surface area contributed by atoms with E-state index in [0.717, 1.165) is 12.1 Å². The minimum atomic E-state index is -4.87. The molecule has 0 aromatic heterocycles. The van der Waals surface area contributed by atoms with Crippen molar-refractivity contribution in [1.29, 1.82) is 0 Å². The molecule has 14 heavy (non-hydrogen) atoms. The molecule has 0 bridgehead atoms. The highest BCUT2D eigenvalue weighted by Gasteiger charge is 2.41. The van der Waals surface area contributed by atoms with Crippen LogP contribution in [0.3, 0.4) is 0 Å². The molecule has 0 aliphatic carbocycles. The topological polar surface area (TPSA) is 26.0 Å². The molecule has 1 atom stereocenters. The van der Waals surface area contributed by atoms with Crippen molar-refractivity contribution in [1.82, 2.24) is 0 Å². The molecule has 0 amide bonds. The molecular formula is C8H8ClF4N. The maximum absolute atomic E-state index is 12.6. The molecule has 1 aromatic rings. The fourth-order valence-electron chi connectivity index (χ4n) is 0.906. The van der Waals surface area contributed by atoms with Crippen LogP contribution in [0.15, 0.2) is 24.3 Å². The van der Waals surface area contributed by atoms with E-state index in [1.807, 2.05) is 0 Å². The van der Waals surface area contributed by atoms with Crippen LogP contribution >= 0.6 is 12.4 Å². The molecule has 1 rings (SSSR count). The first-order valence-corrected chi connectivity index (χ1v) is 3.47. The Balaban J connectivity index is 0.00000169. The zero-order chi connectivity index (χ0) is 10.1. The number of nitrogens with two attached hydrogens (primary N) is 1. The molecule has 1 aromatic carbocycles. The normalized spacial score (nSPS) is 13.1.